The molecule has 116 valence electrons. The first-order chi connectivity index (χ1) is 10.6. The second-order valence-corrected chi connectivity index (χ2v) is 6.20. The molecule has 22 heavy (non-hydrogen) atoms. The van der Waals surface area contributed by atoms with E-state index in [1.807, 2.05) is 19.1 Å². The van der Waals surface area contributed by atoms with Crippen LogP contribution in [0.15, 0.2) is 33.5 Å². The van der Waals surface area contributed by atoms with Gasteiger partial charge in [-0.1, -0.05) is 25.7 Å². The van der Waals surface area contributed by atoms with E-state index in [0.29, 0.717) is 23.6 Å². The van der Waals surface area contributed by atoms with E-state index in [4.69, 9.17) is 4.42 Å². The molecule has 1 saturated carbocycles. The second-order valence-electron chi connectivity index (χ2n) is 6.20. The summed E-state index contributed by atoms with van der Waals surface area (Å²) in [5, 5.41) is 3.79. The smallest absolute Gasteiger partial charge is 0.336 e. The third-order valence-electron chi connectivity index (χ3n) is 4.49. The summed E-state index contributed by atoms with van der Waals surface area (Å²) in [7, 11) is 0. The number of rotatable bonds is 4. The predicted octanol–water partition coefficient (Wildman–Crippen LogP) is 4.01. The molecule has 1 amide bonds. The molecule has 1 aliphatic rings. The van der Waals surface area contributed by atoms with Gasteiger partial charge in [0.2, 0.25) is 5.91 Å². The van der Waals surface area contributed by atoms with Gasteiger partial charge in [-0.05, 0) is 37.0 Å². The standard InChI is InChI=1S/C18H21NO3/c1-12-10-18(21)22-16-11-14(7-8-15(12)16)19-17(20)9-6-13-4-2-3-5-13/h7-8,10-11,13H,2-6,9H2,1H3,(H,19,20). The van der Waals surface area contributed by atoms with Crippen LogP contribution in [0.3, 0.4) is 0 Å². The normalized spacial score (nSPS) is 15.3. The highest BCUT2D eigenvalue weighted by Gasteiger charge is 2.16. The zero-order valence-corrected chi connectivity index (χ0v) is 12.9. The van der Waals surface area contributed by atoms with Crippen molar-refractivity contribution in [2.45, 2.75) is 45.4 Å². The fourth-order valence-electron chi connectivity index (χ4n) is 3.26. The fourth-order valence-corrected chi connectivity index (χ4v) is 3.26. The summed E-state index contributed by atoms with van der Waals surface area (Å²) in [6.45, 7) is 1.87. The Kier molecular flexibility index (Phi) is 4.27. The van der Waals surface area contributed by atoms with Crippen LogP contribution in [0.2, 0.25) is 0 Å². The molecule has 1 N–H and O–H groups in total. The minimum atomic E-state index is -0.366. The zero-order valence-electron chi connectivity index (χ0n) is 12.9. The molecule has 0 bridgehead atoms. The highest BCUT2D eigenvalue weighted by molar-refractivity contribution is 5.93. The Balaban J connectivity index is 1.68. The molecule has 2 aromatic rings. The molecule has 1 aliphatic carbocycles. The molecule has 1 heterocycles. The third kappa shape index (κ3) is 3.38. The first-order valence-electron chi connectivity index (χ1n) is 7.96. The Labute approximate surface area is 129 Å². The summed E-state index contributed by atoms with van der Waals surface area (Å²) in [6, 6.07) is 6.92. The molecule has 3 rings (SSSR count). The summed E-state index contributed by atoms with van der Waals surface area (Å²) >= 11 is 0. The maximum atomic E-state index is 12.0. The van der Waals surface area contributed by atoms with E-state index in [9.17, 15) is 9.59 Å². The molecule has 0 radical (unpaired) electrons. The van der Waals surface area contributed by atoms with Gasteiger partial charge < -0.3 is 9.73 Å². The summed E-state index contributed by atoms with van der Waals surface area (Å²) in [4.78, 5) is 23.5. The zero-order chi connectivity index (χ0) is 15.5. The van der Waals surface area contributed by atoms with Gasteiger partial charge in [0.1, 0.15) is 5.58 Å². The van der Waals surface area contributed by atoms with Crippen LogP contribution in [0.4, 0.5) is 5.69 Å². The first kappa shape index (κ1) is 14.8. The van der Waals surface area contributed by atoms with Gasteiger partial charge in [0.15, 0.2) is 0 Å². The molecule has 0 saturated heterocycles. The number of carbonyl (C=O) groups is 1. The van der Waals surface area contributed by atoms with Crippen molar-refractivity contribution in [3.63, 3.8) is 0 Å². The lowest BCUT2D eigenvalue weighted by atomic mass is 10.0. The van der Waals surface area contributed by atoms with Crippen LogP contribution in [0.1, 0.15) is 44.1 Å². The Morgan fingerprint density at radius 2 is 2.05 bits per heavy atom. The Morgan fingerprint density at radius 1 is 1.27 bits per heavy atom. The molecule has 1 fully saturated rings. The fraction of sp³-hybridized carbons (Fsp3) is 0.444. The largest absolute Gasteiger partial charge is 0.423 e. The number of carbonyl (C=O) groups excluding carboxylic acids is 1. The first-order valence-corrected chi connectivity index (χ1v) is 7.96. The van der Waals surface area contributed by atoms with Gasteiger partial charge in [-0.25, -0.2) is 4.79 Å². The van der Waals surface area contributed by atoms with Crippen molar-refractivity contribution >= 4 is 22.6 Å². The van der Waals surface area contributed by atoms with Crippen molar-refractivity contribution in [1.82, 2.24) is 0 Å². The topological polar surface area (TPSA) is 59.3 Å². The quantitative estimate of drug-likeness (QED) is 0.868. The van der Waals surface area contributed by atoms with Gasteiger partial charge in [-0.15, -0.1) is 0 Å². The number of hydrogen-bond acceptors (Lipinski definition) is 3. The Hall–Kier alpha value is -2.10. The van der Waals surface area contributed by atoms with Crippen LogP contribution in [-0.4, -0.2) is 5.91 Å². The molecule has 1 aromatic heterocycles. The van der Waals surface area contributed by atoms with Gasteiger partial charge in [-0.3, -0.25) is 4.79 Å². The lowest BCUT2D eigenvalue weighted by Crippen LogP contribution is -2.12. The van der Waals surface area contributed by atoms with Crippen LogP contribution in [-0.2, 0) is 4.79 Å². The summed E-state index contributed by atoms with van der Waals surface area (Å²) in [5.74, 6) is 0.740. The number of aryl methyl sites for hydroxylation is 1. The number of anilines is 1. The van der Waals surface area contributed by atoms with E-state index in [2.05, 4.69) is 5.32 Å². The van der Waals surface area contributed by atoms with Crippen molar-refractivity contribution in [2.24, 2.45) is 5.92 Å². The van der Waals surface area contributed by atoms with E-state index >= 15 is 0 Å². The summed E-state index contributed by atoms with van der Waals surface area (Å²) in [5.41, 5.74) is 1.70. The predicted molar refractivity (Wildman–Crippen MR) is 87.0 cm³/mol. The minimum Gasteiger partial charge on any atom is -0.423 e. The maximum absolute atomic E-state index is 12.0. The van der Waals surface area contributed by atoms with E-state index in [-0.39, 0.29) is 11.5 Å². The van der Waals surface area contributed by atoms with Gasteiger partial charge in [0.25, 0.3) is 0 Å². The van der Waals surface area contributed by atoms with Crippen molar-refractivity contribution in [3.05, 3.63) is 40.2 Å². The third-order valence-corrected chi connectivity index (χ3v) is 4.49. The molecule has 0 unspecified atom stereocenters. The van der Waals surface area contributed by atoms with E-state index in [1.54, 1.807) is 6.07 Å². The molecule has 1 aromatic carbocycles. The summed E-state index contributed by atoms with van der Waals surface area (Å²) < 4.78 is 5.20. The average molecular weight is 299 g/mol. The molecule has 0 aliphatic heterocycles. The molecule has 0 spiro atoms. The van der Waals surface area contributed by atoms with E-state index in [0.717, 1.165) is 17.4 Å². The van der Waals surface area contributed by atoms with Crippen molar-refractivity contribution < 1.29 is 9.21 Å². The number of fused-ring (bicyclic) bond motifs is 1. The highest BCUT2D eigenvalue weighted by atomic mass is 16.4. The molecular weight excluding hydrogens is 278 g/mol. The van der Waals surface area contributed by atoms with Gasteiger partial charge in [-0.2, -0.15) is 0 Å². The molecular formula is C18H21NO3. The van der Waals surface area contributed by atoms with Crippen molar-refractivity contribution in [3.8, 4) is 0 Å². The maximum Gasteiger partial charge on any atom is 0.336 e. The van der Waals surface area contributed by atoms with Crippen LogP contribution in [0, 0.1) is 12.8 Å². The average Bonchev–Trinajstić information content (AvgIpc) is 2.98. The lowest BCUT2D eigenvalue weighted by molar-refractivity contribution is -0.116. The highest BCUT2D eigenvalue weighted by Crippen LogP contribution is 2.28. The minimum absolute atomic E-state index is 0.0289. The van der Waals surface area contributed by atoms with Gasteiger partial charge in [0.05, 0.1) is 0 Å². The number of hydrogen-bond donors (Lipinski definition) is 1. The Morgan fingerprint density at radius 3 is 2.82 bits per heavy atom. The van der Waals surface area contributed by atoms with Crippen LogP contribution in [0.5, 0.6) is 0 Å². The monoisotopic (exact) mass is 299 g/mol. The number of nitrogens with one attached hydrogen (secondary N) is 1. The molecule has 0 atom stereocenters. The second kappa shape index (κ2) is 6.34. The van der Waals surface area contributed by atoms with Gasteiger partial charge >= 0.3 is 5.63 Å². The van der Waals surface area contributed by atoms with Crippen LogP contribution in [0.25, 0.3) is 11.0 Å². The van der Waals surface area contributed by atoms with Crippen LogP contribution >= 0.6 is 0 Å². The van der Waals surface area contributed by atoms with E-state index in [1.165, 1.54) is 31.7 Å². The van der Waals surface area contributed by atoms with Crippen molar-refractivity contribution in [1.29, 1.82) is 0 Å². The summed E-state index contributed by atoms with van der Waals surface area (Å²) in [6.07, 6.45) is 6.64. The lowest BCUT2D eigenvalue weighted by Gasteiger charge is -2.09. The van der Waals surface area contributed by atoms with E-state index < -0.39 is 0 Å². The number of benzene rings is 1. The van der Waals surface area contributed by atoms with Crippen LogP contribution < -0.4 is 10.9 Å². The Bertz CT molecular complexity index is 742. The van der Waals surface area contributed by atoms with Crippen molar-refractivity contribution in [2.75, 3.05) is 5.32 Å². The van der Waals surface area contributed by atoms with Gasteiger partial charge in [0, 0.05) is 29.6 Å². The molecule has 4 nitrogen and oxygen atoms in total. The SMILES string of the molecule is Cc1cc(=O)oc2cc(NC(=O)CCC3CCCC3)ccc12. The molecule has 4 heteroatoms. The number of amides is 1.